The Hall–Kier alpha value is -3.55. The zero-order chi connectivity index (χ0) is 20.3. The highest BCUT2D eigenvalue weighted by atomic mass is 16.5. The van der Waals surface area contributed by atoms with E-state index in [1.807, 2.05) is 36.7 Å². The Bertz CT molecular complexity index is 1120. The number of piperidine rings is 1. The smallest absolute Gasteiger partial charge is 0.187 e. The van der Waals surface area contributed by atoms with Crippen molar-refractivity contribution in [3.8, 4) is 11.4 Å². The molecule has 0 bridgehead atoms. The molecule has 1 aromatic carbocycles. The summed E-state index contributed by atoms with van der Waals surface area (Å²) in [5.74, 6) is 2.23. The minimum atomic E-state index is 0.575. The number of hydrogen-bond donors (Lipinski definition) is 0. The minimum Gasteiger partial charge on any atom is -0.497 e. The van der Waals surface area contributed by atoms with E-state index >= 15 is 0 Å². The van der Waals surface area contributed by atoms with Gasteiger partial charge in [-0.05, 0) is 55.2 Å². The van der Waals surface area contributed by atoms with Crippen molar-refractivity contribution in [2.75, 3.05) is 25.1 Å². The molecule has 0 amide bonds. The standard InChI is InChI=1S/C22H23N7O/c1-30-19-4-2-18(3-5-19)29-22-20(26-27-29)15-24-21(25-22)14-16-8-12-28(13-9-16)17-6-10-23-11-7-17/h2-7,10-11,15-16H,8-9,12-14H2,1H3. The molecule has 3 aromatic heterocycles. The van der Waals surface area contributed by atoms with E-state index < -0.39 is 0 Å². The zero-order valence-electron chi connectivity index (χ0n) is 16.8. The van der Waals surface area contributed by atoms with E-state index in [1.54, 1.807) is 18.0 Å². The molecule has 0 unspecified atom stereocenters. The normalized spacial score (nSPS) is 14.9. The molecule has 0 atom stereocenters. The number of benzene rings is 1. The van der Waals surface area contributed by atoms with Gasteiger partial charge < -0.3 is 9.64 Å². The van der Waals surface area contributed by atoms with Gasteiger partial charge in [-0.1, -0.05) is 5.21 Å². The van der Waals surface area contributed by atoms with Crippen LogP contribution in [0.3, 0.4) is 0 Å². The Kier molecular flexibility index (Phi) is 4.96. The van der Waals surface area contributed by atoms with Gasteiger partial charge in [0.15, 0.2) is 11.2 Å². The molecule has 30 heavy (non-hydrogen) atoms. The number of rotatable bonds is 5. The fourth-order valence-corrected chi connectivity index (χ4v) is 3.97. The number of nitrogens with zero attached hydrogens (tertiary/aromatic N) is 7. The first-order valence-corrected chi connectivity index (χ1v) is 10.2. The Morgan fingerprint density at radius 1 is 1.00 bits per heavy atom. The second kappa shape index (κ2) is 8.06. The summed E-state index contributed by atoms with van der Waals surface area (Å²) in [7, 11) is 1.65. The molecule has 4 aromatic rings. The molecule has 0 saturated carbocycles. The summed E-state index contributed by atoms with van der Waals surface area (Å²) in [6.45, 7) is 2.09. The molecule has 8 nitrogen and oxygen atoms in total. The summed E-state index contributed by atoms with van der Waals surface area (Å²) in [5.41, 5.74) is 3.57. The summed E-state index contributed by atoms with van der Waals surface area (Å²) in [6.07, 6.45) is 8.60. The molecule has 0 N–H and O–H groups in total. The van der Waals surface area contributed by atoms with E-state index in [0.717, 1.165) is 55.3 Å². The average molecular weight is 401 g/mol. The van der Waals surface area contributed by atoms with Crippen LogP contribution in [0.2, 0.25) is 0 Å². The van der Waals surface area contributed by atoms with Gasteiger partial charge in [-0.3, -0.25) is 4.98 Å². The summed E-state index contributed by atoms with van der Waals surface area (Å²) in [4.78, 5) is 15.9. The molecule has 5 rings (SSSR count). The molecular formula is C22H23N7O. The van der Waals surface area contributed by atoms with Crippen LogP contribution in [0.15, 0.2) is 55.0 Å². The van der Waals surface area contributed by atoms with Gasteiger partial charge in [-0.25, -0.2) is 9.97 Å². The van der Waals surface area contributed by atoms with Crippen LogP contribution in [-0.2, 0) is 6.42 Å². The van der Waals surface area contributed by atoms with Gasteiger partial charge in [-0.2, -0.15) is 4.68 Å². The van der Waals surface area contributed by atoms with Crippen LogP contribution < -0.4 is 9.64 Å². The van der Waals surface area contributed by atoms with Crippen LogP contribution in [0.25, 0.3) is 16.9 Å². The van der Waals surface area contributed by atoms with Gasteiger partial charge in [0.2, 0.25) is 0 Å². The quantitative estimate of drug-likeness (QED) is 0.508. The van der Waals surface area contributed by atoms with E-state index in [4.69, 9.17) is 9.72 Å². The van der Waals surface area contributed by atoms with Crippen LogP contribution >= 0.6 is 0 Å². The Morgan fingerprint density at radius 2 is 1.77 bits per heavy atom. The third kappa shape index (κ3) is 3.68. The molecule has 0 spiro atoms. The molecule has 0 aliphatic carbocycles. The van der Waals surface area contributed by atoms with Crippen molar-refractivity contribution in [2.45, 2.75) is 19.3 Å². The molecule has 1 aliphatic heterocycles. The molecule has 1 fully saturated rings. The fourth-order valence-electron chi connectivity index (χ4n) is 3.97. The van der Waals surface area contributed by atoms with Gasteiger partial charge >= 0.3 is 0 Å². The lowest BCUT2D eigenvalue weighted by Crippen LogP contribution is -2.34. The van der Waals surface area contributed by atoms with Crippen molar-refractivity contribution >= 4 is 16.9 Å². The maximum atomic E-state index is 5.24. The molecule has 8 heteroatoms. The zero-order valence-corrected chi connectivity index (χ0v) is 16.8. The van der Waals surface area contributed by atoms with Crippen molar-refractivity contribution in [3.63, 3.8) is 0 Å². The van der Waals surface area contributed by atoms with E-state index in [0.29, 0.717) is 11.4 Å². The molecule has 1 saturated heterocycles. The third-order valence-corrected chi connectivity index (χ3v) is 5.67. The molecule has 1 aliphatic rings. The van der Waals surface area contributed by atoms with E-state index in [2.05, 4.69) is 37.3 Å². The van der Waals surface area contributed by atoms with Crippen LogP contribution in [0.5, 0.6) is 5.75 Å². The fraction of sp³-hybridized carbons (Fsp3) is 0.318. The topological polar surface area (TPSA) is 81.9 Å². The van der Waals surface area contributed by atoms with Gasteiger partial charge in [0, 0.05) is 37.6 Å². The molecule has 4 heterocycles. The van der Waals surface area contributed by atoms with Crippen LogP contribution in [0, 0.1) is 5.92 Å². The second-order valence-electron chi connectivity index (χ2n) is 7.53. The minimum absolute atomic E-state index is 0.575. The predicted molar refractivity (Wildman–Crippen MR) is 114 cm³/mol. The highest BCUT2D eigenvalue weighted by molar-refractivity contribution is 5.70. The Morgan fingerprint density at radius 3 is 2.50 bits per heavy atom. The summed E-state index contributed by atoms with van der Waals surface area (Å²) >= 11 is 0. The van der Waals surface area contributed by atoms with Crippen LogP contribution in [0.1, 0.15) is 18.7 Å². The van der Waals surface area contributed by atoms with Crippen molar-refractivity contribution in [2.24, 2.45) is 5.92 Å². The van der Waals surface area contributed by atoms with Gasteiger partial charge in [0.05, 0.1) is 19.0 Å². The van der Waals surface area contributed by atoms with E-state index in [-0.39, 0.29) is 0 Å². The monoisotopic (exact) mass is 401 g/mol. The van der Waals surface area contributed by atoms with Crippen LogP contribution in [-0.4, -0.2) is 50.1 Å². The van der Waals surface area contributed by atoms with Crippen molar-refractivity contribution < 1.29 is 4.74 Å². The molecule has 152 valence electrons. The highest BCUT2D eigenvalue weighted by Gasteiger charge is 2.21. The van der Waals surface area contributed by atoms with Crippen molar-refractivity contribution in [1.82, 2.24) is 29.9 Å². The number of fused-ring (bicyclic) bond motifs is 1. The maximum Gasteiger partial charge on any atom is 0.187 e. The summed E-state index contributed by atoms with van der Waals surface area (Å²) in [6, 6.07) is 11.9. The lowest BCUT2D eigenvalue weighted by Gasteiger charge is -2.33. The lowest BCUT2D eigenvalue weighted by atomic mass is 9.93. The number of methoxy groups -OCH3 is 1. The maximum absolute atomic E-state index is 5.24. The number of hydrogen-bond acceptors (Lipinski definition) is 7. The number of aromatic nitrogens is 6. The predicted octanol–water partition coefficient (Wildman–Crippen LogP) is 3.07. The second-order valence-corrected chi connectivity index (χ2v) is 7.53. The van der Waals surface area contributed by atoms with Crippen molar-refractivity contribution in [3.05, 3.63) is 60.8 Å². The Labute approximate surface area is 174 Å². The first-order chi connectivity index (χ1) is 14.8. The largest absolute Gasteiger partial charge is 0.497 e. The summed E-state index contributed by atoms with van der Waals surface area (Å²) in [5, 5.41) is 8.48. The van der Waals surface area contributed by atoms with E-state index in [1.165, 1.54) is 5.69 Å². The molecular weight excluding hydrogens is 378 g/mol. The Balaban J connectivity index is 1.31. The SMILES string of the molecule is COc1ccc(-n2nnc3cnc(CC4CCN(c5ccncc5)CC4)nc32)cc1. The lowest BCUT2D eigenvalue weighted by molar-refractivity contribution is 0.397. The average Bonchev–Trinajstić information content (AvgIpc) is 3.23. The first kappa shape index (κ1) is 18.5. The molecule has 0 radical (unpaired) electrons. The first-order valence-electron chi connectivity index (χ1n) is 10.2. The van der Waals surface area contributed by atoms with E-state index in [9.17, 15) is 0 Å². The highest BCUT2D eigenvalue weighted by Crippen LogP contribution is 2.25. The van der Waals surface area contributed by atoms with Crippen LogP contribution in [0.4, 0.5) is 5.69 Å². The third-order valence-electron chi connectivity index (χ3n) is 5.67. The van der Waals surface area contributed by atoms with Crippen molar-refractivity contribution in [1.29, 1.82) is 0 Å². The van der Waals surface area contributed by atoms with Gasteiger partial charge in [0.25, 0.3) is 0 Å². The number of anilines is 1. The van der Waals surface area contributed by atoms with Gasteiger partial charge in [-0.15, -0.1) is 5.10 Å². The number of ether oxygens (including phenoxy) is 1. The van der Waals surface area contributed by atoms with Gasteiger partial charge in [0.1, 0.15) is 11.6 Å². The summed E-state index contributed by atoms with van der Waals surface area (Å²) < 4.78 is 6.99. The number of pyridine rings is 1.